The number of hydrogen-bond acceptors (Lipinski definition) is 2. The van der Waals surface area contributed by atoms with Crippen molar-refractivity contribution in [3.05, 3.63) is 0 Å². The fourth-order valence-corrected chi connectivity index (χ4v) is 0. The summed E-state index contributed by atoms with van der Waals surface area (Å²) in [6, 6.07) is 0. The minimum absolute atomic E-state index is 0. The van der Waals surface area contributed by atoms with Gasteiger partial charge in [-0.05, 0) is 0 Å². The van der Waals surface area contributed by atoms with E-state index in [0.29, 0.717) is 0 Å². The van der Waals surface area contributed by atoms with E-state index in [1.807, 2.05) is 0 Å². The Morgan fingerprint density at radius 3 is 2.00 bits per heavy atom. The first kappa shape index (κ1) is 9.44. The third-order valence-electron chi connectivity index (χ3n) is 0.110. The molecule has 0 heterocycles. The summed E-state index contributed by atoms with van der Waals surface area (Å²) in [5.74, 6) is 0. The van der Waals surface area contributed by atoms with E-state index in [1.54, 1.807) is 0 Å². The highest BCUT2D eigenvalue weighted by Gasteiger charge is 1.81. The molecule has 0 bridgehead atoms. The summed E-state index contributed by atoms with van der Waals surface area (Å²) in [7, 11) is 2.16. The van der Waals surface area contributed by atoms with Crippen LogP contribution in [0.15, 0.2) is 0 Å². The molecule has 2 nitrogen and oxygen atoms in total. The fraction of sp³-hybridized carbons (Fsp3) is 0. The molecule has 0 aliphatic rings. The molecule has 2 radical (unpaired) electrons. The van der Waals surface area contributed by atoms with Crippen LogP contribution >= 0.6 is 0 Å². The summed E-state index contributed by atoms with van der Waals surface area (Å²) in [5.41, 5.74) is 1.35. The summed E-state index contributed by atoms with van der Waals surface area (Å²) < 4.78 is 9.41. The van der Waals surface area contributed by atoms with Gasteiger partial charge in [-0.15, -0.1) is 0 Å². The summed E-state index contributed by atoms with van der Waals surface area (Å²) in [5, 5.41) is 7.50. The molecule has 0 aliphatic heterocycles. The van der Waals surface area contributed by atoms with Crippen LogP contribution in [0, 0.1) is 11.0 Å². The molecule has 0 atom stereocenters. The van der Waals surface area contributed by atoms with Crippen LogP contribution in [0.5, 0.6) is 0 Å². The van der Waals surface area contributed by atoms with Gasteiger partial charge in [-0.1, -0.05) is 0 Å². The minimum Gasteiger partial charge on any atom is -0.381 e. The maximum absolute atomic E-state index is 9.41. The molecule has 0 aliphatic carbocycles. The topological polar surface area (TPSA) is 40.9 Å². The monoisotopic (exact) mass is 111 g/mol. The first-order valence-electron chi connectivity index (χ1n) is 0.966. The average molecular weight is 111 g/mol. The molecule has 5 heteroatoms. The van der Waals surface area contributed by atoms with Crippen LogP contribution in [-0.2, 0) is 4.46 Å². The lowest BCUT2D eigenvalue weighted by atomic mass is 10.8. The van der Waals surface area contributed by atoms with E-state index in [4.69, 9.17) is 5.26 Å². The Hall–Kier alpha value is 0.104. The second-order valence-corrected chi connectivity index (χ2v) is 1.43. The first-order chi connectivity index (χ1) is 2.27. The Balaban J connectivity index is 0. The van der Waals surface area contributed by atoms with Gasteiger partial charge in [0.15, 0.2) is 24.8 Å². The largest absolute Gasteiger partial charge is 0.381 e. The fourth-order valence-electron chi connectivity index (χ4n) is 0. The summed E-state index contributed by atoms with van der Waals surface area (Å²) in [6.45, 7) is 0. The molecule has 0 saturated carbocycles. The van der Waals surface area contributed by atoms with Crippen molar-refractivity contribution in [3.63, 3.8) is 0 Å². The van der Waals surface area contributed by atoms with Gasteiger partial charge in [0.1, 0.15) is 0 Å². The van der Waals surface area contributed by atoms with E-state index >= 15 is 0 Å². The van der Waals surface area contributed by atoms with Gasteiger partial charge in [0, 0.05) is 0 Å². The van der Waals surface area contributed by atoms with Gasteiger partial charge in [0.05, 0.1) is 5.69 Å². The summed E-state index contributed by atoms with van der Waals surface area (Å²) in [6.07, 6.45) is 0. The van der Waals surface area contributed by atoms with E-state index in [2.05, 4.69) is 7.44 Å². The van der Waals surface area contributed by atoms with Crippen LogP contribution in [-0.4, -0.2) is 33.4 Å². The third-order valence-corrected chi connectivity index (χ3v) is 0.331. The van der Waals surface area contributed by atoms with Gasteiger partial charge < -0.3 is 4.46 Å². The molecule has 0 fully saturated rings. The molecule has 6 heavy (non-hydrogen) atoms. The second-order valence-electron chi connectivity index (χ2n) is 0.476. The van der Waals surface area contributed by atoms with Crippen molar-refractivity contribution >= 4 is 33.4 Å². The highest BCUT2D eigenvalue weighted by molar-refractivity contribution is 6.98. The molecule has 0 aromatic rings. The molecule has 0 N–H and O–H groups in total. The van der Waals surface area contributed by atoms with Gasteiger partial charge in [0.25, 0.3) is 0 Å². The molecular weight excluding hydrogens is 108 g/mol. The average Bonchev–Trinajstić information content (AvgIpc) is 1.38. The van der Waals surface area contributed by atoms with E-state index < -0.39 is 8.55 Å². The molecule has 28 valence electrons. The van der Waals surface area contributed by atoms with Crippen molar-refractivity contribution in [3.8, 4) is 5.69 Å². The number of rotatable bonds is 0. The van der Waals surface area contributed by atoms with E-state index in [0.717, 1.165) is 0 Å². The van der Waals surface area contributed by atoms with Crippen molar-refractivity contribution < 1.29 is 4.46 Å². The summed E-state index contributed by atoms with van der Waals surface area (Å²) >= 11 is 0. The Morgan fingerprint density at radius 1 is 1.83 bits per heavy atom. The lowest BCUT2D eigenvalue weighted by Gasteiger charge is -1.49. The van der Waals surface area contributed by atoms with Crippen molar-refractivity contribution in [2.75, 3.05) is 0 Å². The predicted octanol–water partition coefficient (Wildman–Crippen LogP) is -2.05. The van der Waals surface area contributed by atoms with Crippen LogP contribution < -0.4 is 0 Å². The number of nitrogens with zero attached hydrogens (tertiary/aromatic N) is 1. The predicted molar refractivity (Wildman–Crippen MR) is 27.7 cm³/mol. The Bertz CT molecular complexity index is 88.0. The molecule has 0 aromatic heterocycles. The lowest BCUT2D eigenvalue weighted by Crippen LogP contribution is -1.90. The molecule has 0 amide bonds. The lowest BCUT2D eigenvalue weighted by molar-refractivity contribution is 0.579. The van der Waals surface area contributed by atoms with Crippen LogP contribution in [0.25, 0.3) is 0 Å². The van der Waals surface area contributed by atoms with Gasteiger partial charge in [-0.3, -0.25) is 0 Å². The Kier molecular flexibility index (Phi) is 8.03. The van der Waals surface area contributed by atoms with Crippen molar-refractivity contribution in [2.24, 2.45) is 0 Å². The van der Waals surface area contributed by atoms with Crippen LogP contribution in [0.3, 0.4) is 0 Å². The third kappa shape index (κ3) is 8.93. The van der Waals surface area contributed by atoms with Gasteiger partial charge in [-0.25, -0.2) is 0 Å². The Labute approximate surface area is 49.3 Å². The zero-order valence-corrected chi connectivity index (χ0v) is 3.43. The number of hydrogen-bond donors (Lipinski definition) is 0. The SMILES string of the molecule is [AlH3].[B][Si](=O)C#N. The molecule has 0 aromatic carbocycles. The van der Waals surface area contributed by atoms with Gasteiger partial charge in [0.2, 0.25) is 0 Å². The van der Waals surface area contributed by atoms with E-state index in [9.17, 15) is 4.46 Å². The maximum atomic E-state index is 9.41. The molecule has 0 spiro atoms. The molecular formula is CH3AlBNOSi. The minimum atomic E-state index is -2.32. The zero-order chi connectivity index (χ0) is 4.28. The standard InChI is InChI=1S/CBNOSi.Al.3H/c2-5(4)1-3;;;;. The van der Waals surface area contributed by atoms with Crippen LogP contribution in [0.4, 0.5) is 0 Å². The Morgan fingerprint density at radius 2 is 2.00 bits per heavy atom. The molecule has 0 rings (SSSR count). The van der Waals surface area contributed by atoms with Gasteiger partial charge in [-0.2, -0.15) is 5.26 Å². The first-order valence-corrected chi connectivity index (χ1v) is 2.45. The van der Waals surface area contributed by atoms with Crippen LogP contribution in [0.2, 0.25) is 0 Å². The van der Waals surface area contributed by atoms with Crippen molar-refractivity contribution in [1.82, 2.24) is 0 Å². The van der Waals surface area contributed by atoms with E-state index in [-0.39, 0.29) is 17.4 Å². The smallest absolute Gasteiger partial charge is 0.330 e. The zero-order valence-electron chi connectivity index (χ0n) is 2.43. The highest BCUT2D eigenvalue weighted by atomic mass is 28.2. The van der Waals surface area contributed by atoms with Crippen LogP contribution in [0.1, 0.15) is 0 Å². The maximum Gasteiger partial charge on any atom is 0.330 e. The van der Waals surface area contributed by atoms with Crippen molar-refractivity contribution in [2.45, 2.75) is 0 Å². The summed E-state index contributed by atoms with van der Waals surface area (Å²) in [4.78, 5) is 0. The normalized spacial score (nSPS) is 4.50. The van der Waals surface area contributed by atoms with Gasteiger partial charge >= 0.3 is 8.55 Å². The highest BCUT2D eigenvalue weighted by Crippen LogP contribution is 1.39. The second kappa shape index (κ2) is 5.10. The molecule has 0 unspecified atom stereocenters. The van der Waals surface area contributed by atoms with E-state index in [1.165, 1.54) is 5.69 Å². The quantitative estimate of drug-likeness (QED) is 0.337. The molecule has 0 saturated heterocycles. The van der Waals surface area contributed by atoms with Crippen molar-refractivity contribution in [1.29, 1.82) is 5.26 Å². The number of nitriles is 1.